The molecule has 1 saturated heterocycles. The Morgan fingerprint density at radius 1 is 1.20 bits per heavy atom. The minimum atomic E-state index is 0. The van der Waals surface area contributed by atoms with Gasteiger partial charge in [0.1, 0.15) is 0 Å². The second-order valence-electron chi connectivity index (χ2n) is 7.45. The molecule has 0 radical (unpaired) electrons. The third-order valence-corrected chi connectivity index (χ3v) is 5.34. The van der Waals surface area contributed by atoms with Crippen LogP contribution in [0.2, 0.25) is 0 Å². The molecule has 1 aliphatic rings. The fourth-order valence-electron chi connectivity index (χ4n) is 3.64. The molecule has 2 atom stereocenters. The van der Waals surface area contributed by atoms with E-state index in [0.717, 1.165) is 78.0 Å². The van der Waals surface area contributed by atoms with Gasteiger partial charge in [-0.25, -0.2) is 0 Å². The minimum Gasteiger partial charge on any atom is -0.381 e. The van der Waals surface area contributed by atoms with Crippen molar-refractivity contribution in [2.24, 2.45) is 10.9 Å². The van der Waals surface area contributed by atoms with Gasteiger partial charge < -0.3 is 20.1 Å². The van der Waals surface area contributed by atoms with Gasteiger partial charge in [-0.3, -0.25) is 9.89 Å². The number of rotatable bonds is 13. The summed E-state index contributed by atoms with van der Waals surface area (Å²) in [4.78, 5) is 7.34. The fourth-order valence-corrected chi connectivity index (χ4v) is 3.64. The molecule has 1 aromatic rings. The first-order valence-electron chi connectivity index (χ1n) is 11.2. The van der Waals surface area contributed by atoms with Crippen LogP contribution in [0.5, 0.6) is 0 Å². The maximum atomic E-state index is 5.79. The van der Waals surface area contributed by atoms with Crippen LogP contribution in [-0.2, 0) is 9.47 Å². The van der Waals surface area contributed by atoms with Crippen LogP contribution in [0, 0.1) is 5.92 Å². The number of hydrogen-bond donors (Lipinski definition) is 2. The van der Waals surface area contributed by atoms with E-state index < -0.39 is 0 Å². The molecule has 1 fully saturated rings. The summed E-state index contributed by atoms with van der Waals surface area (Å²) in [6.07, 6.45) is 2.10. The van der Waals surface area contributed by atoms with E-state index in [-0.39, 0.29) is 24.0 Å². The van der Waals surface area contributed by atoms with Crippen molar-refractivity contribution in [2.75, 3.05) is 59.2 Å². The molecule has 0 aliphatic carbocycles. The number of guanidine groups is 1. The predicted molar refractivity (Wildman–Crippen MR) is 136 cm³/mol. The lowest BCUT2D eigenvalue weighted by molar-refractivity contribution is 0.0888. The highest BCUT2D eigenvalue weighted by atomic mass is 127. The highest BCUT2D eigenvalue weighted by Gasteiger charge is 2.18. The van der Waals surface area contributed by atoms with E-state index in [1.54, 1.807) is 0 Å². The molecule has 172 valence electrons. The van der Waals surface area contributed by atoms with Crippen LogP contribution in [0.4, 0.5) is 0 Å². The molecule has 2 rings (SSSR count). The zero-order valence-corrected chi connectivity index (χ0v) is 21.3. The molecule has 0 amide bonds. The number of hydrogen-bond acceptors (Lipinski definition) is 4. The van der Waals surface area contributed by atoms with E-state index >= 15 is 0 Å². The fraction of sp³-hybridized carbons (Fsp3) is 0.696. The zero-order valence-electron chi connectivity index (χ0n) is 18.9. The van der Waals surface area contributed by atoms with Crippen LogP contribution in [0.25, 0.3) is 0 Å². The molecule has 2 N–H and O–H groups in total. The quantitative estimate of drug-likeness (QED) is 0.176. The maximum absolute atomic E-state index is 5.79. The van der Waals surface area contributed by atoms with Crippen LogP contribution >= 0.6 is 24.0 Å². The Balaban J connectivity index is 0.00000450. The van der Waals surface area contributed by atoms with Gasteiger partial charge in [0.2, 0.25) is 0 Å². The SMILES string of the molecule is CCNC(=NCC(c1ccccc1)N(CC)CC)NCCCOCC1CCOC1.I. The van der Waals surface area contributed by atoms with Crippen molar-refractivity contribution in [1.29, 1.82) is 0 Å². The first-order valence-corrected chi connectivity index (χ1v) is 11.2. The van der Waals surface area contributed by atoms with Gasteiger partial charge in [-0.15, -0.1) is 24.0 Å². The highest BCUT2D eigenvalue weighted by Crippen LogP contribution is 2.20. The van der Waals surface area contributed by atoms with Crippen LogP contribution in [0.1, 0.15) is 45.2 Å². The van der Waals surface area contributed by atoms with E-state index in [9.17, 15) is 0 Å². The van der Waals surface area contributed by atoms with Gasteiger partial charge in [0.05, 0.1) is 25.8 Å². The molecule has 30 heavy (non-hydrogen) atoms. The van der Waals surface area contributed by atoms with E-state index in [0.29, 0.717) is 12.0 Å². The van der Waals surface area contributed by atoms with E-state index in [1.165, 1.54) is 5.56 Å². The zero-order chi connectivity index (χ0) is 20.7. The van der Waals surface area contributed by atoms with E-state index in [2.05, 4.69) is 66.6 Å². The molecule has 0 saturated carbocycles. The van der Waals surface area contributed by atoms with E-state index in [4.69, 9.17) is 14.5 Å². The Bertz CT molecular complexity index is 564. The van der Waals surface area contributed by atoms with Crippen LogP contribution in [0.3, 0.4) is 0 Å². The van der Waals surface area contributed by atoms with Gasteiger partial charge in [0, 0.05) is 32.2 Å². The molecule has 1 aliphatic heterocycles. The minimum absolute atomic E-state index is 0. The van der Waals surface area contributed by atoms with Crippen LogP contribution in [-0.4, -0.2) is 70.0 Å². The lowest BCUT2D eigenvalue weighted by Gasteiger charge is -2.29. The number of benzene rings is 1. The molecular formula is C23H41IN4O2. The van der Waals surface area contributed by atoms with Crippen molar-refractivity contribution in [2.45, 2.75) is 39.7 Å². The summed E-state index contributed by atoms with van der Waals surface area (Å²) in [5, 5.41) is 6.81. The Morgan fingerprint density at radius 2 is 1.97 bits per heavy atom. The Labute approximate surface area is 200 Å². The van der Waals surface area contributed by atoms with Crippen molar-refractivity contribution < 1.29 is 9.47 Å². The number of nitrogens with zero attached hydrogens (tertiary/aromatic N) is 2. The molecule has 0 spiro atoms. The average molecular weight is 533 g/mol. The summed E-state index contributed by atoms with van der Waals surface area (Å²) in [6, 6.07) is 11.0. The maximum Gasteiger partial charge on any atom is 0.191 e. The Morgan fingerprint density at radius 3 is 2.60 bits per heavy atom. The number of aliphatic imine (C=N–C) groups is 1. The predicted octanol–water partition coefficient (Wildman–Crippen LogP) is 3.69. The standard InChI is InChI=1S/C23H40N4O2.HI/c1-4-24-23(25-14-10-15-28-18-20-13-16-29-19-20)26-17-22(27(5-2)6-3)21-11-8-7-9-12-21;/h7-9,11-12,20,22H,4-6,10,13-19H2,1-3H3,(H2,24,25,26);1H. The van der Waals surface area contributed by atoms with E-state index in [1.807, 2.05) is 0 Å². The van der Waals surface area contributed by atoms with Gasteiger partial charge in [-0.05, 0) is 38.4 Å². The third-order valence-electron chi connectivity index (χ3n) is 5.34. The number of nitrogens with one attached hydrogen (secondary N) is 2. The first-order chi connectivity index (χ1) is 14.3. The monoisotopic (exact) mass is 532 g/mol. The average Bonchev–Trinajstić information content (AvgIpc) is 3.27. The summed E-state index contributed by atoms with van der Waals surface area (Å²) in [6.45, 7) is 14.3. The normalized spacial score (nSPS) is 17.6. The van der Waals surface area contributed by atoms with Gasteiger partial charge in [0.15, 0.2) is 5.96 Å². The molecule has 6 nitrogen and oxygen atoms in total. The van der Waals surface area contributed by atoms with Crippen LogP contribution < -0.4 is 10.6 Å². The molecule has 1 aromatic carbocycles. The largest absolute Gasteiger partial charge is 0.381 e. The molecule has 0 bridgehead atoms. The summed E-state index contributed by atoms with van der Waals surface area (Å²) in [7, 11) is 0. The van der Waals surface area contributed by atoms with Crippen molar-refractivity contribution >= 4 is 29.9 Å². The first kappa shape index (κ1) is 27.1. The van der Waals surface area contributed by atoms with Gasteiger partial charge in [0.25, 0.3) is 0 Å². The molecule has 0 aromatic heterocycles. The second kappa shape index (κ2) is 16.8. The summed E-state index contributed by atoms with van der Waals surface area (Å²) < 4.78 is 11.2. The van der Waals surface area contributed by atoms with Crippen molar-refractivity contribution in [3.8, 4) is 0 Å². The second-order valence-corrected chi connectivity index (χ2v) is 7.45. The highest BCUT2D eigenvalue weighted by molar-refractivity contribution is 14.0. The van der Waals surface area contributed by atoms with Crippen molar-refractivity contribution in [1.82, 2.24) is 15.5 Å². The van der Waals surface area contributed by atoms with Crippen LogP contribution in [0.15, 0.2) is 35.3 Å². The lowest BCUT2D eigenvalue weighted by atomic mass is 10.1. The molecule has 1 heterocycles. The van der Waals surface area contributed by atoms with Gasteiger partial charge in [-0.2, -0.15) is 0 Å². The van der Waals surface area contributed by atoms with Crippen molar-refractivity contribution in [3.63, 3.8) is 0 Å². The molecule has 2 unspecified atom stereocenters. The lowest BCUT2D eigenvalue weighted by Crippen LogP contribution is -2.39. The van der Waals surface area contributed by atoms with Gasteiger partial charge >= 0.3 is 0 Å². The molecular weight excluding hydrogens is 491 g/mol. The summed E-state index contributed by atoms with van der Waals surface area (Å²) in [5.74, 6) is 1.46. The topological polar surface area (TPSA) is 58.1 Å². The van der Waals surface area contributed by atoms with Crippen molar-refractivity contribution in [3.05, 3.63) is 35.9 Å². The summed E-state index contributed by atoms with van der Waals surface area (Å²) >= 11 is 0. The number of halogens is 1. The van der Waals surface area contributed by atoms with Gasteiger partial charge in [-0.1, -0.05) is 44.2 Å². The third kappa shape index (κ3) is 9.94. The number of likely N-dealkylation sites (N-methyl/N-ethyl adjacent to an activating group) is 1. The summed E-state index contributed by atoms with van der Waals surface area (Å²) in [5.41, 5.74) is 1.32. The smallest absolute Gasteiger partial charge is 0.191 e. The molecule has 7 heteroatoms. The Hall–Kier alpha value is -0.900. The Kier molecular flexibility index (Phi) is 15.2. The number of ether oxygens (including phenoxy) is 2.